The summed E-state index contributed by atoms with van der Waals surface area (Å²) < 4.78 is 0. The van der Waals surface area contributed by atoms with Crippen LogP contribution in [-0.2, 0) is 4.79 Å². The highest BCUT2D eigenvalue weighted by Gasteiger charge is 2.14. The van der Waals surface area contributed by atoms with Crippen molar-refractivity contribution >= 4 is 17.9 Å². The van der Waals surface area contributed by atoms with Crippen molar-refractivity contribution in [3.05, 3.63) is 36.5 Å². The average Bonchev–Trinajstić information content (AvgIpc) is 2.31. The van der Waals surface area contributed by atoms with Gasteiger partial charge in [0.15, 0.2) is 0 Å². The van der Waals surface area contributed by atoms with Crippen molar-refractivity contribution in [2.75, 3.05) is 11.9 Å². The monoisotopic (exact) mass is 201 g/mol. The summed E-state index contributed by atoms with van der Waals surface area (Å²) >= 11 is 0. The molecule has 1 aromatic heterocycles. The average molecular weight is 201 g/mol. The van der Waals surface area contributed by atoms with Crippen LogP contribution in [0.5, 0.6) is 0 Å². The molecular weight excluding hydrogens is 190 g/mol. The number of hydrogen-bond donors (Lipinski definition) is 1. The van der Waals surface area contributed by atoms with Crippen molar-refractivity contribution in [1.29, 1.82) is 0 Å². The fourth-order valence-corrected chi connectivity index (χ4v) is 1.29. The predicted octanol–water partition coefficient (Wildman–Crippen LogP) is 1.28. The molecule has 0 aromatic carbocycles. The standard InChI is InChI=1S/C11H11N3O/c15-11(9-4-3-6-12-8-9)14-10-5-1-2-7-13-10/h1-5,7-9H,6H2,(H,13,14,15). The largest absolute Gasteiger partial charge is 0.310 e. The molecule has 0 spiro atoms. The van der Waals surface area contributed by atoms with Crippen molar-refractivity contribution in [1.82, 2.24) is 4.98 Å². The van der Waals surface area contributed by atoms with Crippen LogP contribution < -0.4 is 5.32 Å². The Morgan fingerprint density at radius 1 is 1.47 bits per heavy atom. The summed E-state index contributed by atoms with van der Waals surface area (Å²) in [5.41, 5.74) is 0. The van der Waals surface area contributed by atoms with Gasteiger partial charge in [-0.05, 0) is 12.1 Å². The van der Waals surface area contributed by atoms with Gasteiger partial charge in [0, 0.05) is 12.4 Å². The van der Waals surface area contributed by atoms with Crippen molar-refractivity contribution in [3.8, 4) is 0 Å². The van der Waals surface area contributed by atoms with Gasteiger partial charge in [-0.1, -0.05) is 18.2 Å². The SMILES string of the molecule is O=C(Nc1ccccn1)C1C=CCN=C1. The molecule has 1 aromatic rings. The summed E-state index contributed by atoms with van der Waals surface area (Å²) in [4.78, 5) is 19.7. The minimum atomic E-state index is -0.277. The smallest absolute Gasteiger partial charge is 0.237 e. The van der Waals surface area contributed by atoms with Crippen LogP contribution in [0.2, 0.25) is 0 Å². The maximum atomic E-state index is 11.7. The molecule has 76 valence electrons. The molecule has 15 heavy (non-hydrogen) atoms. The molecule has 0 aliphatic carbocycles. The summed E-state index contributed by atoms with van der Waals surface area (Å²) in [5.74, 6) is 0.184. The highest BCUT2D eigenvalue weighted by Crippen LogP contribution is 2.06. The molecule has 4 heteroatoms. The summed E-state index contributed by atoms with van der Waals surface area (Å²) in [6.45, 7) is 0.660. The minimum absolute atomic E-state index is 0.103. The Hall–Kier alpha value is -1.97. The molecule has 2 rings (SSSR count). The van der Waals surface area contributed by atoms with E-state index in [1.54, 1.807) is 24.5 Å². The quantitative estimate of drug-likeness (QED) is 0.733. The number of dihydropyridines is 1. The Balaban J connectivity index is 2.01. The van der Waals surface area contributed by atoms with Crippen LogP contribution in [0.25, 0.3) is 0 Å². The lowest BCUT2D eigenvalue weighted by atomic mass is 10.1. The molecule has 1 N–H and O–H groups in total. The lowest BCUT2D eigenvalue weighted by Gasteiger charge is -2.10. The number of carbonyl (C=O) groups is 1. The van der Waals surface area contributed by atoms with E-state index in [1.165, 1.54) is 0 Å². The summed E-state index contributed by atoms with van der Waals surface area (Å²) in [7, 11) is 0. The first kappa shape index (κ1) is 9.58. The maximum absolute atomic E-state index is 11.7. The number of pyridine rings is 1. The Bertz CT molecular complexity index is 386. The molecule has 2 heterocycles. The topological polar surface area (TPSA) is 54.4 Å². The summed E-state index contributed by atoms with van der Waals surface area (Å²) in [5, 5.41) is 2.72. The fraction of sp³-hybridized carbons (Fsp3) is 0.182. The van der Waals surface area contributed by atoms with Crippen molar-refractivity contribution in [2.24, 2.45) is 10.9 Å². The van der Waals surface area contributed by atoms with Gasteiger partial charge >= 0.3 is 0 Å². The Labute approximate surface area is 87.8 Å². The van der Waals surface area contributed by atoms with Crippen LogP contribution in [-0.4, -0.2) is 23.7 Å². The molecule has 1 unspecified atom stereocenters. The zero-order valence-corrected chi connectivity index (χ0v) is 8.13. The van der Waals surface area contributed by atoms with E-state index in [9.17, 15) is 4.79 Å². The molecule has 0 saturated carbocycles. The molecule has 0 bridgehead atoms. The number of nitrogens with one attached hydrogen (secondary N) is 1. The zero-order chi connectivity index (χ0) is 10.5. The number of hydrogen-bond acceptors (Lipinski definition) is 3. The van der Waals surface area contributed by atoms with E-state index in [-0.39, 0.29) is 11.8 Å². The van der Waals surface area contributed by atoms with Gasteiger partial charge in [0.2, 0.25) is 5.91 Å². The predicted molar refractivity (Wildman–Crippen MR) is 58.9 cm³/mol. The van der Waals surface area contributed by atoms with E-state index in [2.05, 4.69) is 15.3 Å². The second-order valence-corrected chi connectivity index (χ2v) is 3.17. The number of amides is 1. The highest BCUT2D eigenvalue weighted by molar-refractivity contribution is 6.03. The van der Waals surface area contributed by atoms with Crippen LogP contribution in [0.4, 0.5) is 5.82 Å². The number of aliphatic imine (C=N–C) groups is 1. The summed E-state index contributed by atoms with van der Waals surface area (Å²) in [6.07, 6.45) is 7.01. The first-order valence-electron chi connectivity index (χ1n) is 4.75. The summed E-state index contributed by atoms with van der Waals surface area (Å²) in [6, 6.07) is 5.38. The third kappa shape index (κ3) is 2.49. The van der Waals surface area contributed by atoms with Gasteiger partial charge in [0.05, 0.1) is 12.5 Å². The normalized spacial score (nSPS) is 18.8. The highest BCUT2D eigenvalue weighted by atomic mass is 16.1. The lowest BCUT2D eigenvalue weighted by Crippen LogP contribution is -2.24. The second-order valence-electron chi connectivity index (χ2n) is 3.17. The van der Waals surface area contributed by atoms with E-state index in [4.69, 9.17) is 0 Å². The van der Waals surface area contributed by atoms with Gasteiger partial charge in [-0.15, -0.1) is 0 Å². The van der Waals surface area contributed by atoms with Crippen LogP contribution in [0.1, 0.15) is 0 Å². The fourth-order valence-electron chi connectivity index (χ4n) is 1.29. The van der Waals surface area contributed by atoms with Gasteiger partial charge in [0.25, 0.3) is 0 Å². The van der Waals surface area contributed by atoms with E-state index in [0.29, 0.717) is 12.4 Å². The number of carbonyl (C=O) groups excluding carboxylic acids is 1. The number of aromatic nitrogens is 1. The number of anilines is 1. The van der Waals surface area contributed by atoms with E-state index in [1.807, 2.05) is 18.2 Å². The van der Waals surface area contributed by atoms with E-state index in [0.717, 1.165) is 0 Å². The first-order chi connectivity index (χ1) is 7.36. The molecule has 1 atom stereocenters. The Morgan fingerprint density at radius 3 is 3.07 bits per heavy atom. The van der Waals surface area contributed by atoms with E-state index < -0.39 is 0 Å². The van der Waals surface area contributed by atoms with Crippen molar-refractivity contribution < 1.29 is 4.79 Å². The first-order valence-corrected chi connectivity index (χ1v) is 4.75. The maximum Gasteiger partial charge on any atom is 0.237 e. The van der Waals surface area contributed by atoms with Crippen LogP contribution in [0.15, 0.2) is 41.5 Å². The van der Waals surface area contributed by atoms with Crippen molar-refractivity contribution in [3.63, 3.8) is 0 Å². The minimum Gasteiger partial charge on any atom is -0.310 e. The Kier molecular flexibility index (Phi) is 2.88. The molecular formula is C11H11N3O. The lowest BCUT2D eigenvalue weighted by molar-refractivity contribution is -0.116. The van der Waals surface area contributed by atoms with Crippen LogP contribution in [0.3, 0.4) is 0 Å². The second kappa shape index (κ2) is 4.50. The molecule has 1 amide bonds. The van der Waals surface area contributed by atoms with Gasteiger partial charge in [-0.2, -0.15) is 0 Å². The third-order valence-corrected chi connectivity index (χ3v) is 2.04. The molecule has 1 aliphatic rings. The zero-order valence-electron chi connectivity index (χ0n) is 8.13. The van der Waals surface area contributed by atoms with E-state index >= 15 is 0 Å². The molecule has 0 saturated heterocycles. The van der Waals surface area contributed by atoms with Gasteiger partial charge in [0.1, 0.15) is 5.82 Å². The van der Waals surface area contributed by atoms with Gasteiger partial charge < -0.3 is 5.32 Å². The Morgan fingerprint density at radius 2 is 2.40 bits per heavy atom. The molecule has 1 aliphatic heterocycles. The number of rotatable bonds is 2. The van der Waals surface area contributed by atoms with Crippen LogP contribution >= 0.6 is 0 Å². The molecule has 0 fully saturated rings. The van der Waals surface area contributed by atoms with Crippen LogP contribution in [0, 0.1) is 5.92 Å². The van der Waals surface area contributed by atoms with Crippen molar-refractivity contribution in [2.45, 2.75) is 0 Å². The number of nitrogens with zero attached hydrogens (tertiary/aromatic N) is 2. The molecule has 0 radical (unpaired) electrons. The van der Waals surface area contributed by atoms with Gasteiger partial charge in [-0.3, -0.25) is 9.79 Å². The molecule has 4 nitrogen and oxygen atoms in total. The third-order valence-electron chi connectivity index (χ3n) is 2.04. The van der Waals surface area contributed by atoms with Gasteiger partial charge in [-0.25, -0.2) is 4.98 Å².